The Labute approximate surface area is 163 Å². The van der Waals surface area contributed by atoms with E-state index in [1.54, 1.807) is 18.2 Å². The molecule has 1 saturated heterocycles. The molecule has 1 fully saturated rings. The maximum atomic E-state index is 12.7. The first-order valence-corrected chi connectivity index (χ1v) is 9.45. The van der Waals surface area contributed by atoms with Crippen LogP contribution < -0.4 is 4.90 Å². The smallest absolute Gasteiger partial charge is 0.255 e. The van der Waals surface area contributed by atoms with Gasteiger partial charge in [-0.1, -0.05) is 37.0 Å². The highest BCUT2D eigenvalue weighted by Crippen LogP contribution is 2.24. The molecule has 0 radical (unpaired) electrons. The van der Waals surface area contributed by atoms with Gasteiger partial charge in [0.05, 0.1) is 10.6 Å². The van der Waals surface area contributed by atoms with Gasteiger partial charge in [-0.05, 0) is 25.1 Å². The van der Waals surface area contributed by atoms with Crippen molar-refractivity contribution in [2.24, 2.45) is 0 Å². The van der Waals surface area contributed by atoms with Crippen molar-refractivity contribution >= 4 is 34.9 Å². The molecule has 0 aliphatic carbocycles. The molecule has 0 spiro atoms. The quantitative estimate of drug-likeness (QED) is 0.785. The number of nitrogens with zero attached hydrogens (tertiary/aromatic N) is 4. The maximum Gasteiger partial charge on any atom is 0.255 e. The number of aryl methyl sites for hydroxylation is 1. The molecule has 2 aromatic rings. The number of anilines is 1. The van der Waals surface area contributed by atoms with Crippen LogP contribution in [0.25, 0.3) is 0 Å². The highest BCUT2D eigenvalue weighted by Gasteiger charge is 2.24. The molecule has 7 heteroatoms. The van der Waals surface area contributed by atoms with Gasteiger partial charge in [0.2, 0.25) is 0 Å². The van der Waals surface area contributed by atoms with Gasteiger partial charge in [-0.2, -0.15) is 0 Å². The number of aromatic nitrogens is 2. The van der Waals surface area contributed by atoms with E-state index in [9.17, 15) is 4.79 Å². The summed E-state index contributed by atoms with van der Waals surface area (Å²) in [5, 5.41) is 0.911. The molecule has 1 aromatic carbocycles. The van der Waals surface area contributed by atoms with Gasteiger partial charge in [0.15, 0.2) is 0 Å². The Hall–Kier alpha value is -1.85. The Morgan fingerprint density at radius 2 is 1.77 bits per heavy atom. The molecular formula is C19H22Cl2N4O. The van der Waals surface area contributed by atoms with Crippen molar-refractivity contribution in [1.29, 1.82) is 0 Å². The summed E-state index contributed by atoms with van der Waals surface area (Å²) in [5.41, 5.74) is 1.45. The minimum absolute atomic E-state index is 0.0620. The van der Waals surface area contributed by atoms with Crippen LogP contribution in [-0.4, -0.2) is 47.0 Å². The van der Waals surface area contributed by atoms with Gasteiger partial charge < -0.3 is 9.80 Å². The second-order valence-electron chi connectivity index (χ2n) is 6.78. The second-order valence-corrected chi connectivity index (χ2v) is 7.63. The van der Waals surface area contributed by atoms with Crippen molar-refractivity contribution in [1.82, 2.24) is 14.9 Å². The Bertz CT molecular complexity index is 817. The van der Waals surface area contributed by atoms with Crippen molar-refractivity contribution in [3.8, 4) is 0 Å². The van der Waals surface area contributed by atoms with Crippen LogP contribution in [0.2, 0.25) is 10.0 Å². The number of hydrogen-bond acceptors (Lipinski definition) is 4. The van der Waals surface area contributed by atoms with Crippen LogP contribution in [0, 0.1) is 6.92 Å². The molecule has 0 atom stereocenters. The molecule has 0 unspecified atom stereocenters. The lowest BCUT2D eigenvalue weighted by atomic mass is 10.1. The summed E-state index contributed by atoms with van der Waals surface area (Å²) < 4.78 is 0. The monoisotopic (exact) mass is 392 g/mol. The van der Waals surface area contributed by atoms with E-state index < -0.39 is 0 Å². The molecule has 0 bridgehead atoms. The van der Waals surface area contributed by atoms with Crippen molar-refractivity contribution in [3.63, 3.8) is 0 Å². The van der Waals surface area contributed by atoms with Crippen molar-refractivity contribution in [3.05, 3.63) is 51.4 Å². The lowest BCUT2D eigenvalue weighted by Crippen LogP contribution is -2.49. The van der Waals surface area contributed by atoms with E-state index >= 15 is 0 Å². The summed E-state index contributed by atoms with van der Waals surface area (Å²) in [6, 6.07) is 6.97. The normalized spacial score (nSPS) is 14.8. The Morgan fingerprint density at radius 3 is 2.38 bits per heavy atom. The maximum absolute atomic E-state index is 12.7. The van der Waals surface area contributed by atoms with E-state index in [1.807, 2.05) is 17.9 Å². The summed E-state index contributed by atoms with van der Waals surface area (Å²) in [7, 11) is 0. The highest BCUT2D eigenvalue weighted by molar-refractivity contribution is 6.36. The number of carbonyl (C=O) groups is 1. The van der Waals surface area contributed by atoms with Crippen LogP contribution in [0.5, 0.6) is 0 Å². The van der Waals surface area contributed by atoms with E-state index in [1.165, 1.54) is 0 Å². The first-order valence-electron chi connectivity index (χ1n) is 8.70. The molecule has 138 valence electrons. The molecular weight excluding hydrogens is 371 g/mol. The molecule has 3 rings (SSSR count). The number of piperazine rings is 1. The molecule has 5 nitrogen and oxygen atoms in total. The molecule has 1 aliphatic rings. The van der Waals surface area contributed by atoms with Crippen LogP contribution in [0.4, 0.5) is 5.82 Å². The third-order valence-electron chi connectivity index (χ3n) is 4.43. The molecule has 2 heterocycles. The SMILES string of the molecule is Cc1cc(N2CCN(C(=O)c3ccc(Cl)cc3Cl)CC2)nc(C(C)C)n1. The second kappa shape index (κ2) is 7.80. The molecule has 0 N–H and O–H groups in total. The summed E-state index contributed by atoms with van der Waals surface area (Å²) in [5.74, 6) is 2.00. The highest BCUT2D eigenvalue weighted by atomic mass is 35.5. The van der Waals surface area contributed by atoms with Crippen LogP contribution in [-0.2, 0) is 0 Å². The van der Waals surface area contributed by atoms with Gasteiger partial charge in [0, 0.05) is 48.9 Å². The first-order chi connectivity index (χ1) is 12.3. The lowest BCUT2D eigenvalue weighted by Gasteiger charge is -2.35. The number of benzene rings is 1. The van der Waals surface area contributed by atoms with Crippen LogP contribution >= 0.6 is 23.2 Å². The third kappa shape index (κ3) is 4.10. The lowest BCUT2D eigenvalue weighted by molar-refractivity contribution is 0.0746. The fourth-order valence-electron chi connectivity index (χ4n) is 2.97. The van der Waals surface area contributed by atoms with E-state index in [0.29, 0.717) is 28.7 Å². The van der Waals surface area contributed by atoms with Crippen molar-refractivity contribution < 1.29 is 4.79 Å². The molecule has 26 heavy (non-hydrogen) atoms. The third-order valence-corrected chi connectivity index (χ3v) is 4.97. The van der Waals surface area contributed by atoms with Gasteiger partial charge in [-0.15, -0.1) is 0 Å². The van der Waals surface area contributed by atoms with E-state index in [2.05, 4.69) is 28.7 Å². The molecule has 0 saturated carbocycles. The topological polar surface area (TPSA) is 49.3 Å². The van der Waals surface area contributed by atoms with Crippen molar-refractivity contribution in [2.75, 3.05) is 31.1 Å². The van der Waals surface area contributed by atoms with Gasteiger partial charge >= 0.3 is 0 Å². The fraction of sp³-hybridized carbons (Fsp3) is 0.421. The van der Waals surface area contributed by atoms with E-state index in [4.69, 9.17) is 23.2 Å². The average Bonchev–Trinajstić information content (AvgIpc) is 2.61. The average molecular weight is 393 g/mol. The fourth-order valence-corrected chi connectivity index (χ4v) is 3.46. The zero-order valence-corrected chi connectivity index (χ0v) is 16.7. The predicted molar refractivity (Wildman–Crippen MR) is 105 cm³/mol. The van der Waals surface area contributed by atoms with Gasteiger partial charge in [-0.3, -0.25) is 4.79 Å². The zero-order chi connectivity index (χ0) is 18.8. The number of carbonyl (C=O) groups excluding carboxylic acids is 1. The largest absolute Gasteiger partial charge is 0.353 e. The minimum Gasteiger partial charge on any atom is -0.353 e. The van der Waals surface area contributed by atoms with Gasteiger partial charge in [0.25, 0.3) is 5.91 Å². The van der Waals surface area contributed by atoms with Gasteiger partial charge in [-0.25, -0.2) is 9.97 Å². The Morgan fingerprint density at radius 1 is 1.08 bits per heavy atom. The summed E-state index contributed by atoms with van der Waals surface area (Å²) in [4.78, 5) is 25.9. The molecule has 1 amide bonds. The van der Waals surface area contributed by atoms with Gasteiger partial charge in [0.1, 0.15) is 11.6 Å². The first kappa shape index (κ1) is 18.9. The number of halogens is 2. The Kier molecular flexibility index (Phi) is 5.68. The number of amides is 1. The summed E-state index contributed by atoms with van der Waals surface area (Å²) in [6.45, 7) is 8.86. The molecule has 1 aromatic heterocycles. The number of rotatable bonds is 3. The predicted octanol–water partition coefficient (Wildman–Crippen LogP) is 4.18. The van der Waals surface area contributed by atoms with Crippen LogP contribution in [0.15, 0.2) is 24.3 Å². The van der Waals surface area contributed by atoms with E-state index in [-0.39, 0.29) is 11.8 Å². The van der Waals surface area contributed by atoms with Crippen LogP contribution in [0.1, 0.15) is 41.6 Å². The Balaban J connectivity index is 1.70. The minimum atomic E-state index is -0.0620. The zero-order valence-electron chi connectivity index (χ0n) is 15.2. The van der Waals surface area contributed by atoms with Crippen molar-refractivity contribution in [2.45, 2.75) is 26.7 Å². The number of hydrogen-bond donors (Lipinski definition) is 0. The van der Waals surface area contributed by atoms with Crippen LogP contribution in [0.3, 0.4) is 0 Å². The standard InChI is InChI=1S/C19H22Cl2N4O/c1-12(2)18-22-13(3)10-17(23-18)24-6-8-25(9-7-24)19(26)15-5-4-14(20)11-16(15)21/h4-5,10-12H,6-9H2,1-3H3. The summed E-state index contributed by atoms with van der Waals surface area (Å²) in [6.07, 6.45) is 0. The van der Waals surface area contributed by atoms with E-state index in [0.717, 1.165) is 30.4 Å². The summed E-state index contributed by atoms with van der Waals surface area (Å²) >= 11 is 12.1. The molecule has 1 aliphatic heterocycles.